The van der Waals surface area contributed by atoms with Gasteiger partial charge in [-0.3, -0.25) is 0 Å². The standard InChI is InChI=1S/C40H25ClN4/c41-37-25-31(28-21-19-27(26-42)20-22-28)23-24-35(37)33-16-8-7-15-32(33)34-17-9-10-18-36(34)40-44-38(29-11-3-1-4-12-29)43-39(45-40)30-13-5-2-6-14-30/h1-25H. The summed E-state index contributed by atoms with van der Waals surface area (Å²) in [6, 6.07) is 52.2. The Morgan fingerprint density at radius 1 is 0.400 bits per heavy atom. The lowest BCUT2D eigenvalue weighted by Crippen LogP contribution is -2.01. The number of nitriles is 1. The van der Waals surface area contributed by atoms with E-state index in [4.69, 9.17) is 31.8 Å². The van der Waals surface area contributed by atoms with Gasteiger partial charge < -0.3 is 0 Å². The number of benzene rings is 6. The van der Waals surface area contributed by atoms with Gasteiger partial charge in [-0.05, 0) is 46.0 Å². The van der Waals surface area contributed by atoms with Crippen molar-refractivity contribution in [3.8, 4) is 73.6 Å². The summed E-state index contributed by atoms with van der Waals surface area (Å²) < 4.78 is 0. The summed E-state index contributed by atoms with van der Waals surface area (Å²) in [5, 5.41) is 9.81. The van der Waals surface area contributed by atoms with Gasteiger partial charge in [0.05, 0.1) is 11.6 Å². The Morgan fingerprint density at radius 3 is 1.38 bits per heavy atom. The molecule has 5 heteroatoms. The van der Waals surface area contributed by atoms with Crippen LogP contribution in [0.4, 0.5) is 0 Å². The third-order valence-electron chi connectivity index (χ3n) is 7.69. The summed E-state index contributed by atoms with van der Waals surface area (Å²) in [7, 11) is 0. The van der Waals surface area contributed by atoms with Crippen LogP contribution in [0, 0.1) is 11.3 Å². The molecule has 0 radical (unpaired) electrons. The van der Waals surface area contributed by atoms with Gasteiger partial charge in [0, 0.05) is 27.3 Å². The van der Waals surface area contributed by atoms with Gasteiger partial charge in [0.2, 0.25) is 0 Å². The Labute approximate surface area is 266 Å². The van der Waals surface area contributed by atoms with Gasteiger partial charge in [-0.1, -0.05) is 145 Å². The highest BCUT2D eigenvalue weighted by atomic mass is 35.5. The van der Waals surface area contributed by atoms with Crippen molar-refractivity contribution in [2.45, 2.75) is 0 Å². The predicted octanol–water partition coefficient (Wildman–Crippen LogP) is 10.4. The molecule has 0 fully saturated rings. The average molecular weight is 597 g/mol. The van der Waals surface area contributed by atoms with E-state index >= 15 is 0 Å². The summed E-state index contributed by atoms with van der Waals surface area (Å²) in [6.45, 7) is 0. The molecular formula is C40H25ClN4. The van der Waals surface area contributed by atoms with Crippen molar-refractivity contribution >= 4 is 11.6 Å². The minimum atomic E-state index is 0.593. The highest BCUT2D eigenvalue weighted by molar-refractivity contribution is 6.34. The number of hydrogen-bond donors (Lipinski definition) is 0. The van der Waals surface area contributed by atoms with Crippen LogP contribution in [-0.4, -0.2) is 15.0 Å². The first kappa shape index (κ1) is 27.9. The summed E-state index contributed by atoms with van der Waals surface area (Å²) in [4.78, 5) is 14.9. The van der Waals surface area contributed by atoms with Crippen molar-refractivity contribution in [3.05, 3.63) is 162 Å². The van der Waals surface area contributed by atoms with Crippen LogP contribution >= 0.6 is 11.6 Å². The molecule has 0 aliphatic rings. The Balaban J connectivity index is 1.36. The molecule has 0 saturated heterocycles. The normalized spacial score (nSPS) is 10.8. The van der Waals surface area contributed by atoms with E-state index in [0.717, 1.165) is 50.1 Å². The second-order valence-corrected chi connectivity index (χ2v) is 10.9. The van der Waals surface area contributed by atoms with Gasteiger partial charge in [0.1, 0.15) is 0 Å². The molecule has 7 aromatic rings. The first-order valence-electron chi connectivity index (χ1n) is 14.5. The van der Waals surface area contributed by atoms with Crippen LogP contribution in [0.3, 0.4) is 0 Å². The molecule has 0 spiro atoms. The van der Waals surface area contributed by atoms with Crippen LogP contribution < -0.4 is 0 Å². The summed E-state index contributed by atoms with van der Waals surface area (Å²) in [6.07, 6.45) is 0. The number of hydrogen-bond acceptors (Lipinski definition) is 4. The van der Waals surface area contributed by atoms with E-state index in [9.17, 15) is 0 Å². The first-order valence-corrected chi connectivity index (χ1v) is 14.9. The molecular weight excluding hydrogens is 572 g/mol. The molecule has 0 bridgehead atoms. The lowest BCUT2D eigenvalue weighted by Gasteiger charge is -2.16. The highest BCUT2D eigenvalue weighted by Gasteiger charge is 2.18. The molecule has 1 heterocycles. The van der Waals surface area contributed by atoms with E-state index in [-0.39, 0.29) is 0 Å². The van der Waals surface area contributed by atoms with Crippen molar-refractivity contribution in [2.75, 3.05) is 0 Å². The highest BCUT2D eigenvalue weighted by Crippen LogP contribution is 2.41. The molecule has 0 saturated carbocycles. The monoisotopic (exact) mass is 596 g/mol. The van der Waals surface area contributed by atoms with Gasteiger partial charge in [-0.2, -0.15) is 5.26 Å². The summed E-state index contributed by atoms with van der Waals surface area (Å²) in [5.41, 5.74) is 9.28. The van der Waals surface area contributed by atoms with Gasteiger partial charge in [0.25, 0.3) is 0 Å². The molecule has 0 amide bonds. The van der Waals surface area contributed by atoms with Gasteiger partial charge in [-0.25, -0.2) is 15.0 Å². The Bertz CT molecular complexity index is 2110. The molecule has 0 atom stereocenters. The molecule has 45 heavy (non-hydrogen) atoms. The Hall–Kier alpha value is -5.89. The Kier molecular flexibility index (Phi) is 7.68. The van der Waals surface area contributed by atoms with Gasteiger partial charge in [0.15, 0.2) is 17.5 Å². The molecule has 7 rings (SSSR count). The second-order valence-electron chi connectivity index (χ2n) is 10.5. The minimum Gasteiger partial charge on any atom is -0.208 e. The SMILES string of the molecule is N#Cc1ccc(-c2ccc(-c3ccccc3-c3ccccc3-c3nc(-c4ccccc4)nc(-c4ccccc4)n3)c(Cl)c2)cc1. The van der Waals surface area contributed by atoms with Gasteiger partial charge >= 0.3 is 0 Å². The molecule has 1 aromatic heterocycles. The van der Waals surface area contributed by atoms with E-state index in [2.05, 4.69) is 42.5 Å². The quantitative estimate of drug-likeness (QED) is 0.191. The van der Waals surface area contributed by atoms with Crippen LogP contribution in [-0.2, 0) is 0 Å². The van der Waals surface area contributed by atoms with Gasteiger partial charge in [-0.15, -0.1) is 0 Å². The fraction of sp³-hybridized carbons (Fsp3) is 0. The lowest BCUT2D eigenvalue weighted by atomic mass is 9.90. The number of rotatable bonds is 6. The van der Waals surface area contributed by atoms with E-state index in [1.807, 2.05) is 115 Å². The topological polar surface area (TPSA) is 62.5 Å². The van der Waals surface area contributed by atoms with E-state index in [1.165, 1.54) is 0 Å². The predicted molar refractivity (Wildman–Crippen MR) is 182 cm³/mol. The van der Waals surface area contributed by atoms with E-state index in [1.54, 1.807) is 0 Å². The summed E-state index contributed by atoms with van der Waals surface area (Å²) in [5.74, 6) is 1.82. The maximum Gasteiger partial charge on any atom is 0.164 e. The first-order chi connectivity index (χ1) is 22.2. The number of aromatic nitrogens is 3. The molecule has 0 aliphatic carbocycles. The third kappa shape index (κ3) is 5.73. The summed E-state index contributed by atoms with van der Waals surface area (Å²) >= 11 is 6.98. The number of nitrogens with zero attached hydrogens (tertiary/aromatic N) is 4. The maximum atomic E-state index is 9.17. The van der Waals surface area contributed by atoms with Crippen molar-refractivity contribution in [2.24, 2.45) is 0 Å². The molecule has 0 aliphatic heterocycles. The fourth-order valence-corrected chi connectivity index (χ4v) is 5.73. The average Bonchev–Trinajstić information content (AvgIpc) is 3.12. The minimum absolute atomic E-state index is 0.593. The van der Waals surface area contributed by atoms with Crippen LogP contribution in [0.2, 0.25) is 5.02 Å². The fourth-order valence-electron chi connectivity index (χ4n) is 5.45. The zero-order chi connectivity index (χ0) is 30.6. The maximum absolute atomic E-state index is 9.17. The van der Waals surface area contributed by atoms with E-state index < -0.39 is 0 Å². The smallest absolute Gasteiger partial charge is 0.164 e. The molecule has 4 nitrogen and oxygen atoms in total. The largest absolute Gasteiger partial charge is 0.208 e. The molecule has 212 valence electrons. The van der Waals surface area contributed by atoms with E-state index in [0.29, 0.717) is 28.1 Å². The van der Waals surface area contributed by atoms with Crippen LogP contribution in [0.5, 0.6) is 0 Å². The van der Waals surface area contributed by atoms with Crippen molar-refractivity contribution < 1.29 is 0 Å². The molecule has 0 unspecified atom stereocenters. The number of halogens is 1. The van der Waals surface area contributed by atoms with Crippen LogP contribution in [0.15, 0.2) is 152 Å². The molecule has 6 aromatic carbocycles. The Morgan fingerprint density at radius 2 is 0.844 bits per heavy atom. The van der Waals surface area contributed by atoms with Crippen molar-refractivity contribution in [3.63, 3.8) is 0 Å². The lowest BCUT2D eigenvalue weighted by molar-refractivity contribution is 1.07. The molecule has 0 N–H and O–H groups in total. The van der Waals surface area contributed by atoms with Crippen molar-refractivity contribution in [1.29, 1.82) is 5.26 Å². The zero-order valence-corrected chi connectivity index (χ0v) is 24.9. The van der Waals surface area contributed by atoms with Crippen LogP contribution in [0.1, 0.15) is 5.56 Å². The van der Waals surface area contributed by atoms with Crippen LogP contribution in [0.25, 0.3) is 67.5 Å². The van der Waals surface area contributed by atoms with Crippen molar-refractivity contribution in [1.82, 2.24) is 15.0 Å². The second kappa shape index (κ2) is 12.4. The zero-order valence-electron chi connectivity index (χ0n) is 24.1. The third-order valence-corrected chi connectivity index (χ3v) is 8.00.